The molecule has 19 heavy (non-hydrogen) atoms. The van der Waals surface area contributed by atoms with Crippen LogP contribution in [0.1, 0.15) is 50.7 Å². The van der Waals surface area contributed by atoms with Crippen molar-refractivity contribution < 1.29 is 5.11 Å². The van der Waals surface area contributed by atoms with Crippen molar-refractivity contribution in [3.8, 4) is 0 Å². The number of aliphatic hydroxyl groups is 1. The second kappa shape index (κ2) is 7.28. The van der Waals surface area contributed by atoms with E-state index in [4.69, 9.17) is 11.6 Å². The van der Waals surface area contributed by atoms with Crippen molar-refractivity contribution in [3.63, 3.8) is 0 Å². The molecule has 3 heteroatoms. The largest absolute Gasteiger partial charge is 0.387 e. The standard InChI is InChI=1S/C16H24ClNO/c1-12(13-5-3-2-4-6-13)18-11-16(19)14-7-9-15(17)10-8-14/h7-10,12-13,16,18-19H,2-6,11H2,1H3/t12-,16?/m1/s1. The molecule has 2 N–H and O–H groups in total. The summed E-state index contributed by atoms with van der Waals surface area (Å²) in [5.41, 5.74) is 0.924. The van der Waals surface area contributed by atoms with Crippen LogP contribution in [0.15, 0.2) is 24.3 Å². The van der Waals surface area contributed by atoms with E-state index in [2.05, 4.69) is 12.2 Å². The van der Waals surface area contributed by atoms with Gasteiger partial charge in [0, 0.05) is 17.6 Å². The molecule has 2 nitrogen and oxygen atoms in total. The molecule has 0 heterocycles. The van der Waals surface area contributed by atoms with E-state index in [0.29, 0.717) is 17.6 Å². The molecule has 2 atom stereocenters. The van der Waals surface area contributed by atoms with E-state index >= 15 is 0 Å². The highest BCUT2D eigenvalue weighted by molar-refractivity contribution is 6.30. The van der Waals surface area contributed by atoms with Crippen LogP contribution in [0, 0.1) is 5.92 Å². The lowest BCUT2D eigenvalue weighted by Crippen LogP contribution is -2.37. The summed E-state index contributed by atoms with van der Waals surface area (Å²) < 4.78 is 0. The zero-order valence-electron chi connectivity index (χ0n) is 11.6. The minimum absolute atomic E-state index is 0.455. The number of benzene rings is 1. The van der Waals surface area contributed by atoms with E-state index in [1.54, 1.807) is 0 Å². The fraction of sp³-hybridized carbons (Fsp3) is 0.625. The zero-order valence-corrected chi connectivity index (χ0v) is 12.4. The first-order valence-electron chi connectivity index (χ1n) is 7.33. The number of hydrogen-bond acceptors (Lipinski definition) is 2. The molecule has 0 aromatic heterocycles. The summed E-state index contributed by atoms with van der Waals surface area (Å²) in [5, 5.41) is 14.3. The summed E-state index contributed by atoms with van der Waals surface area (Å²) in [5.74, 6) is 0.770. The van der Waals surface area contributed by atoms with Crippen molar-refractivity contribution in [2.24, 2.45) is 5.92 Å². The summed E-state index contributed by atoms with van der Waals surface area (Å²) in [6.07, 6.45) is 6.29. The molecule has 1 unspecified atom stereocenters. The van der Waals surface area contributed by atoms with Crippen molar-refractivity contribution >= 4 is 11.6 Å². The second-order valence-electron chi connectivity index (χ2n) is 5.66. The van der Waals surface area contributed by atoms with Gasteiger partial charge in [0.15, 0.2) is 0 Å². The second-order valence-corrected chi connectivity index (χ2v) is 6.10. The van der Waals surface area contributed by atoms with E-state index in [-0.39, 0.29) is 0 Å². The van der Waals surface area contributed by atoms with Crippen LogP contribution in [0.3, 0.4) is 0 Å². The normalized spacial score (nSPS) is 20.2. The summed E-state index contributed by atoms with van der Waals surface area (Å²) in [6.45, 7) is 2.85. The van der Waals surface area contributed by atoms with Gasteiger partial charge in [0.2, 0.25) is 0 Å². The third-order valence-corrected chi connectivity index (χ3v) is 4.50. The number of aliphatic hydroxyl groups excluding tert-OH is 1. The molecule has 0 amide bonds. The van der Waals surface area contributed by atoms with Crippen LogP contribution in [-0.2, 0) is 0 Å². The predicted molar refractivity (Wildman–Crippen MR) is 80.5 cm³/mol. The van der Waals surface area contributed by atoms with Gasteiger partial charge in [-0.3, -0.25) is 0 Å². The molecule has 1 saturated carbocycles. The zero-order chi connectivity index (χ0) is 13.7. The maximum Gasteiger partial charge on any atom is 0.0914 e. The Hall–Kier alpha value is -0.570. The number of nitrogens with one attached hydrogen (secondary N) is 1. The smallest absolute Gasteiger partial charge is 0.0914 e. The van der Waals surface area contributed by atoms with Gasteiger partial charge >= 0.3 is 0 Å². The molecule has 0 radical (unpaired) electrons. The summed E-state index contributed by atoms with van der Waals surface area (Å²) in [7, 11) is 0. The molecule has 1 aliphatic carbocycles. The molecule has 0 spiro atoms. The molecule has 106 valence electrons. The van der Waals surface area contributed by atoms with Gasteiger partial charge in [-0.05, 0) is 43.4 Å². The fourth-order valence-corrected chi connectivity index (χ4v) is 3.03. The Labute approximate surface area is 121 Å². The van der Waals surface area contributed by atoms with Crippen LogP contribution in [0.4, 0.5) is 0 Å². The third-order valence-electron chi connectivity index (χ3n) is 4.24. The van der Waals surface area contributed by atoms with Crippen molar-refractivity contribution in [3.05, 3.63) is 34.9 Å². The summed E-state index contributed by atoms with van der Waals surface area (Å²) in [6, 6.07) is 7.91. The summed E-state index contributed by atoms with van der Waals surface area (Å²) in [4.78, 5) is 0. The first kappa shape index (κ1) is 14.8. The Kier molecular flexibility index (Phi) is 5.68. The van der Waals surface area contributed by atoms with Gasteiger partial charge in [-0.1, -0.05) is 43.0 Å². The van der Waals surface area contributed by atoms with Gasteiger partial charge in [-0.2, -0.15) is 0 Å². The minimum Gasteiger partial charge on any atom is -0.387 e. The summed E-state index contributed by atoms with van der Waals surface area (Å²) >= 11 is 5.85. The van der Waals surface area contributed by atoms with E-state index in [9.17, 15) is 5.11 Å². The van der Waals surface area contributed by atoms with Gasteiger partial charge in [-0.15, -0.1) is 0 Å². The van der Waals surface area contributed by atoms with E-state index < -0.39 is 6.10 Å². The predicted octanol–water partition coefficient (Wildman–Crippen LogP) is 3.93. The van der Waals surface area contributed by atoms with Gasteiger partial charge < -0.3 is 10.4 Å². The molecule has 1 aromatic carbocycles. The van der Waals surface area contributed by atoms with Gasteiger partial charge in [0.1, 0.15) is 0 Å². The maximum atomic E-state index is 10.2. The van der Waals surface area contributed by atoms with Crippen LogP contribution in [0.5, 0.6) is 0 Å². The highest BCUT2D eigenvalue weighted by Crippen LogP contribution is 2.26. The van der Waals surface area contributed by atoms with Crippen LogP contribution >= 0.6 is 11.6 Å². The van der Waals surface area contributed by atoms with Gasteiger partial charge in [-0.25, -0.2) is 0 Å². The van der Waals surface area contributed by atoms with Crippen molar-refractivity contribution in [2.75, 3.05) is 6.54 Å². The van der Waals surface area contributed by atoms with Crippen molar-refractivity contribution in [2.45, 2.75) is 51.2 Å². The van der Waals surface area contributed by atoms with Crippen LogP contribution in [0.2, 0.25) is 5.02 Å². The minimum atomic E-state index is -0.455. The topological polar surface area (TPSA) is 32.3 Å². The van der Waals surface area contributed by atoms with E-state index in [0.717, 1.165) is 11.5 Å². The molecular formula is C16H24ClNO. The maximum absolute atomic E-state index is 10.2. The molecule has 2 rings (SSSR count). The van der Waals surface area contributed by atoms with Gasteiger partial charge in [0.05, 0.1) is 6.10 Å². The fourth-order valence-electron chi connectivity index (χ4n) is 2.90. The Morgan fingerprint density at radius 2 is 1.84 bits per heavy atom. The highest BCUT2D eigenvalue weighted by atomic mass is 35.5. The Balaban J connectivity index is 1.79. The lowest BCUT2D eigenvalue weighted by atomic mass is 9.84. The number of halogens is 1. The first-order valence-corrected chi connectivity index (χ1v) is 7.71. The SMILES string of the molecule is C[C@@H](NCC(O)c1ccc(Cl)cc1)C1CCCCC1. The van der Waals surface area contributed by atoms with Gasteiger partial charge in [0.25, 0.3) is 0 Å². The average molecular weight is 282 g/mol. The monoisotopic (exact) mass is 281 g/mol. The average Bonchev–Trinajstić information content (AvgIpc) is 2.46. The highest BCUT2D eigenvalue weighted by Gasteiger charge is 2.20. The number of hydrogen-bond donors (Lipinski definition) is 2. The Morgan fingerprint density at radius 1 is 1.21 bits per heavy atom. The lowest BCUT2D eigenvalue weighted by Gasteiger charge is -2.29. The molecular weight excluding hydrogens is 258 g/mol. The van der Waals surface area contributed by atoms with E-state index in [1.807, 2.05) is 24.3 Å². The quantitative estimate of drug-likeness (QED) is 0.857. The van der Waals surface area contributed by atoms with Crippen LogP contribution in [0.25, 0.3) is 0 Å². The molecule has 0 saturated heterocycles. The molecule has 1 aliphatic rings. The molecule has 0 bridgehead atoms. The Bertz CT molecular complexity index is 373. The van der Waals surface area contributed by atoms with Crippen LogP contribution in [-0.4, -0.2) is 17.7 Å². The van der Waals surface area contributed by atoms with E-state index in [1.165, 1.54) is 32.1 Å². The molecule has 1 fully saturated rings. The Morgan fingerprint density at radius 3 is 2.47 bits per heavy atom. The number of rotatable bonds is 5. The van der Waals surface area contributed by atoms with Crippen molar-refractivity contribution in [1.29, 1.82) is 0 Å². The first-order chi connectivity index (χ1) is 9.16. The molecule has 0 aliphatic heterocycles. The lowest BCUT2D eigenvalue weighted by molar-refractivity contribution is 0.161. The molecule has 1 aromatic rings. The third kappa shape index (κ3) is 4.48. The van der Waals surface area contributed by atoms with Crippen molar-refractivity contribution in [1.82, 2.24) is 5.32 Å². The van der Waals surface area contributed by atoms with Crippen LogP contribution < -0.4 is 5.32 Å².